The lowest BCUT2D eigenvalue weighted by molar-refractivity contribution is 0.0949. The van der Waals surface area contributed by atoms with Crippen LogP contribution in [0.1, 0.15) is 22.8 Å². The maximum atomic E-state index is 12.2. The summed E-state index contributed by atoms with van der Waals surface area (Å²) in [4.78, 5) is 13.3. The van der Waals surface area contributed by atoms with Crippen molar-refractivity contribution in [1.82, 2.24) is 5.32 Å². The Morgan fingerprint density at radius 3 is 2.58 bits per heavy atom. The summed E-state index contributed by atoms with van der Waals surface area (Å²) in [5, 5.41) is 2.99. The minimum absolute atomic E-state index is 0.0484. The van der Waals surface area contributed by atoms with Crippen LogP contribution < -0.4 is 15.8 Å². The molecule has 0 aliphatic rings. The molecule has 0 saturated carbocycles. The van der Waals surface area contributed by atoms with E-state index in [9.17, 15) is 4.79 Å². The lowest BCUT2D eigenvalue weighted by Gasteiger charge is -2.14. The van der Waals surface area contributed by atoms with Gasteiger partial charge < -0.3 is 15.8 Å². The topological polar surface area (TPSA) is 64.3 Å². The normalized spacial score (nSPS) is 11.8. The number of nitrogens with two attached hydrogens (primary N) is 1. The molecule has 0 radical (unpaired) electrons. The molecule has 1 amide bonds. The standard InChI is InChI=1S/C19H24N2O2S/c1-14(13-24-18-6-4-3-5-17(18)23-2)12-21-19(22)16-9-7-15(11-20)8-10-16/h3-10,14H,11-13,20H2,1-2H3,(H,21,22). The van der Waals surface area contributed by atoms with Gasteiger partial charge in [-0.25, -0.2) is 0 Å². The van der Waals surface area contributed by atoms with E-state index >= 15 is 0 Å². The predicted molar refractivity (Wildman–Crippen MR) is 99.5 cm³/mol. The molecule has 0 bridgehead atoms. The van der Waals surface area contributed by atoms with Crippen molar-refractivity contribution in [1.29, 1.82) is 0 Å². The fourth-order valence-electron chi connectivity index (χ4n) is 2.19. The average molecular weight is 344 g/mol. The molecule has 0 saturated heterocycles. The highest BCUT2D eigenvalue weighted by Crippen LogP contribution is 2.29. The van der Waals surface area contributed by atoms with Gasteiger partial charge in [0.05, 0.1) is 7.11 Å². The van der Waals surface area contributed by atoms with Crippen LogP contribution in [-0.4, -0.2) is 25.3 Å². The number of thioether (sulfide) groups is 1. The number of benzene rings is 2. The summed E-state index contributed by atoms with van der Waals surface area (Å²) in [5.41, 5.74) is 7.25. The third kappa shape index (κ3) is 5.28. The Morgan fingerprint density at radius 1 is 1.21 bits per heavy atom. The summed E-state index contributed by atoms with van der Waals surface area (Å²) in [6, 6.07) is 15.4. The van der Waals surface area contributed by atoms with Gasteiger partial charge in [-0.15, -0.1) is 11.8 Å². The number of ether oxygens (including phenoxy) is 1. The highest BCUT2D eigenvalue weighted by molar-refractivity contribution is 7.99. The molecule has 5 heteroatoms. The molecule has 1 atom stereocenters. The van der Waals surface area contributed by atoms with Crippen LogP contribution in [0, 0.1) is 5.92 Å². The minimum Gasteiger partial charge on any atom is -0.496 e. The molecule has 24 heavy (non-hydrogen) atoms. The Bertz CT molecular complexity index is 659. The van der Waals surface area contributed by atoms with Gasteiger partial charge >= 0.3 is 0 Å². The first kappa shape index (κ1) is 18.4. The molecule has 2 aromatic carbocycles. The number of nitrogens with one attached hydrogen (secondary N) is 1. The zero-order chi connectivity index (χ0) is 17.4. The monoisotopic (exact) mass is 344 g/mol. The van der Waals surface area contributed by atoms with Gasteiger partial charge in [0.15, 0.2) is 0 Å². The summed E-state index contributed by atoms with van der Waals surface area (Å²) in [5.74, 6) is 2.10. The molecule has 0 spiro atoms. The number of rotatable bonds is 8. The van der Waals surface area contributed by atoms with Crippen LogP contribution in [0.5, 0.6) is 5.75 Å². The van der Waals surface area contributed by atoms with E-state index in [4.69, 9.17) is 10.5 Å². The molecule has 2 rings (SSSR count). The number of methoxy groups -OCH3 is 1. The van der Waals surface area contributed by atoms with E-state index in [1.807, 2.05) is 48.5 Å². The van der Waals surface area contributed by atoms with Crippen molar-refractivity contribution < 1.29 is 9.53 Å². The molecule has 3 N–H and O–H groups in total. The van der Waals surface area contributed by atoms with Crippen LogP contribution in [0.2, 0.25) is 0 Å². The smallest absolute Gasteiger partial charge is 0.251 e. The number of carbonyl (C=O) groups is 1. The van der Waals surface area contributed by atoms with Crippen molar-refractivity contribution in [2.45, 2.75) is 18.4 Å². The van der Waals surface area contributed by atoms with Gasteiger partial charge in [-0.2, -0.15) is 0 Å². The molecule has 128 valence electrons. The van der Waals surface area contributed by atoms with Gasteiger partial charge in [0.1, 0.15) is 5.75 Å². The van der Waals surface area contributed by atoms with E-state index in [1.165, 1.54) is 0 Å². The largest absolute Gasteiger partial charge is 0.496 e. The summed E-state index contributed by atoms with van der Waals surface area (Å²) < 4.78 is 5.35. The van der Waals surface area contributed by atoms with Gasteiger partial charge in [-0.05, 0) is 35.7 Å². The second kappa shape index (κ2) is 9.35. The Morgan fingerprint density at radius 2 is 1.92 bits per heavy atom. The van der Waals surface area contributed by atoms with Crippen LogP contribution in [0.3, 0.4) is 0 Å². The van der Waals surface area contributed by atoms with Crippen LogP contribution in [0.15, 0.2) is 53.4 Å². The van der Waals surface area contributed by atoms with E-state index in [2.05, 4.69) is 12.2 Å². The second-order valence-corrected chi connectivity index (χ2v) is 6.74. The first-order valence-corrected chi connectivity index (χ1v) is 8.95. The van der Waals surface area contributed by atoms with Gasteiger partial charge in [0.25, 0.3) is 5.91 Å². The molecule has 1 unspecified atom stereocenters. The summed E-state index contributed by atoms with van der Waals surface area (Å²) in [6.07, 6.45) is 0. The third-order valence-corrected chi connectivity index (χ3v) is 5.04. The van der Waals surface area contributed by atoms with E-state index in [-0.39, 0.29) is 5.91 Å². The molecular formula is C19H24N2O2S. The van der Waals surface area contributed by atoms with Crippen molar-refractivity contribution in [2.75, 3.05) is 19.4 Å². The van der Waals surface area contributed by atoms with Crippen LogP contribution in [-0.2, 0) is 6.54 Å². The molecule has 2 aromatic rings. The first-order chi connectivity index (χ1) is 11.6. The summed E-state index contributed by atoms with van der Waals surface area (Å²) in [6.45, 7) is 3.25. The Labute approximate surface area is 147 Å². The maximum Gasteiger partial charge on any atom is 0.251 e. The van der Waals surface area contributed by atoms with E-state index in [0.717, 1.165) is 22.0 Å². The van der Waals surface area contributed by atoms with E-state index in [1.54, 1.807) is 18.9 Å². The van der Waals surface area contributed by atoms with Crippen LogP contribution in [0.25, 0.3) is 0 Å². The van der Waals surface area contributed by atoms with E-state index in [0.29, 0.717) is 24.6 Å². The molecule has 0 aromatic heterocycles. The predicted octanol–water partition coefficient (Wildman–Crippen LogP) is 3.31. The van der Waals surface area contributed by atoms with Gasteiger partial charge in [0, 0.05) is 29.3 Å². The number of hydrogen-bond acceptors (Lipinski definition) is 4. The lowest BCUT2D eigenvalue weighted by atomic mass is 10.1. The highest BCUT2D eigenvalue weighted by Gasteiger charge is 2.10. The Hall–Kier alpha value is -1.98. The van der Waals surface area contributed by atoms with Gasteiger partial charge in [-0.1, -0.05) is 31.2 Å². The lowest BCUT2D eigenvalue weighted by Crippen LogP contribution is -2.29. The maximum absolute atomic E-state index is 12.2. The van der Waals surface area contributed by atoms with Crippen molar-refractivity contribution in [2.24, 2.45) is 11.7 Å². The number of amides is 1. The second-order valence-electron chi connectivity index (χ2n) is 5.68. The van der Waals surface area contributed by atoms with Crippen LogP contribution >= 0.6 is 11.8 Å². The average Bonchev–Trinajstić information content (AvgIpc) is 2.64. The molecule has 0 aliphatic heterocycles. The first-order valence-electron chi connectivity index (χ1n) is 7.97. The molecular weight excluding hydrogens is 320 g/mol. The number of hydrogen-bond donors (Lipinski definition) is 2. The quantitative estimate of drug-likeness (QED) is 0.721. The van der Waals surface area contributed by atoms with Crippen LogP contribution in [0.4, 0.5) is 0 Å². The fourth-order valence-corrected chi connectivity index (χ4v) is 3.24. The van der Waals surface area contributed by atoms with Crippen molar-refractivity contribution in [3.8, 4) is 5.75 Å². The van der Waals surface area contributed by atoms with E-state index < -0.39 is 0 Å². The Kier molecular flexibility index (Phi) is 7.15. The highest BCUT2D eigenvalue weighted by atomic mass is 32.2. The zero-order valence-electron chi connectivity index (χ0n) is 14.1. The third-order valence-electron chi connectivity index (χ3n) is 3.66. The summed E-state index contributed by atoms with van der Waals surface area (Å²) in [7, 11) is 1.68. The zero-order valence-corrected chi connectivity index (χ0v) is 14.9. The number of carbonyl (C=O) groups excluding carboxylic acids is 1. The fraction of sp³-hybridized carbons (Fsp3) is 0.316. The SMILES string of the molecule is COc1ccccc1SCC(C)CNC(=O)c1ccc(CN)cc1. The van der Waals surface area contributed by atoms with Crippen molar-refractivity contribution in [3.05, 3.63) is 59.7 Å². The molecule has 0 heterocycles. The molecule has 0 aliphatic carbocycles. The van der Waals surface area contributed by atoms with Crippen molar-refractivity contribution in [3.63, 3.8) is 0 Å². The van der Waals surface area contributed by atoms with Crippen molar-refractivity contribution >= 4 is 17.7 Å². The van der Waals surface area contributed by atoms with Gasteiger partial charge in [0.2, 0.25) is 0 Å². The summed E-state index contributed by atoms with van der Waals surface area (Å²) >= 11 is 1.74. The Balaban J connectivity index is 1.79. The van der Waals surface area contributed by atoms with Gasteiger partial charge in [-0.3, -0.25) is 4.79 Å². The minimum atomic E-state index is -0.0484. The molecule has 0 fully saturated rings. The molecule has 4 nitrogen and oxygen atoms in total. The number of para-hydroxylation sites is 1.